The van der Waals surface area contributed by atoms with Gasteiger partial charge in [-0.2, -0.15) is 5.26 Å². The summed E-state index contributed by atoms with van der Waals surface area (Å²) in [7, 11) is 2.12. The highest BCUT2D eigenvalue weighted by Gasteiger charge is 2.47. The Labute approximate surface area is 147 Å². The molecule has 0 radical (unpaired) electrons. The minimum Gasteiger partial charge on any atom is -0.377 e. The first-order valence-electron chi connectivity index (χ1n) is 8.85. The standard InChI is InChI=1S/C18H24N6O/c1-13-4-8-24(18(5-6-19)10-25-11-18)9-15(13)23(2)17-14-3-7-20-16(14)21-12-22-17/h3,7,12-13,15H,4-5,8-11H2,1-2H3,(H,20,21,22). The lowest BCUT2D eigenvalue weighted by atomic mass is 9.84. The molecule has 0 aliphatic carbocycles. The normalized spacial score (nSPS) is 26.1. The molecule has 2 aliphatic rings. The van der Waals surface area contributed by atoms with Gasteiger partial charge in [-0.1, -0.05) is 6.92 Å². The van der Waals surface area contributed by atoms with Crippen molar-refractivity contribution >= 4 is 16.9 Å². The Morgan fingerprint density at radius 1 is 1.48 bits per heavy atom. The fourth-order valence-electron chi connectivity index (χ4n) is 4.16. The number of likely N-dealkylation sites (N-methyl/N-ethyl adjacent to an activating group) is 1. The van der Waals surface area contributed by atoms with Crippen LogP contribution in [0.15, 0.2) is 18.6 Å². The molecule has 4 heterocycles. The summed E-state index contributed by atoms with van der Waals surface area (Å²) >= 11 is 0. The number of likely N-dealkylation sites (tertiary alicyclic amines) is 1. The molecule has 2 saturated heterocycles. The van der Waals surface area contributed by atoms with Crippen LogP contribution in [0.2, 0.25) is 0 Å². The Morgan fingerprint density at radius 2 is 2.32 bits per heavy atom. The number of nitriles is 1. The number of aromatic nitrogens is 3. The van der Waals surface area contributed by atoms with Crippen molar-refractivity contribution in [3.63, 3.8) is 0 Å². The second-order valence-corrected chi connectivity index (χ2v) is 7.38. The van der Waals surface area contributed by atoms with Crippen LogP contribution in [0.3, 0.4) is 0 Å². The number of nitrogens with one attached hydrogen (secondary N) is 1. The smallest absolute Gasteiger partial charge is 0.142 e. The summed E-state index contributed by atoms with van der Waals surface area (Å²) < 4.78 is 5.47. The lowest BCUT2D eigenvalue weighted by Gasteiger charge is -2.53. The number of ether oxygens (including phenoxy) is 1. The fraction of sp³-hybridized carbons (Fsp3) is 0.611. The molecule has 2 aromatic heterocycles. The maximum absolute atomic E-state index is 9.23. The number of nitrogens with zero attached hydrogens (tertiary/aromatic N) is 5. The monoisotopic (exact) mass is 340 g/mol. The van der Waals surface area contributed by atoms with E-state index in [0.29, 0.717) is 31.6 Å². The molecule has 2 aliphatic heterocycles. The lowest BCUT2D eigenvalue weighted by molar-refractivity contribution is -0.147. The van der Waals surface area contributed by atoms with Crippen LogP contribution < -0.4 is 4.90 Å². The van der Waals surface area contributed by atoms with Crippen LogP contribution in [0.5, 0.6) is 0 Å². The van der Waals surface area contributed by atoms with Gasteiger partial charge in [-0.25, -0.2) is 9.97 Å². The number of H-pyrrole nitrogens is 1. The van der Waals surface area contributed by atoms with Gasteiger partial charge in [0.05, 0.1) is 36.6 Å². The summed E-state index contributed by atoms with van der Waals surface area (Å²) in [5.74, 6) is 1.52. The Balaban J connectivity index is 1.60. The highest BCUT2D eigenvalue weighted by atomic mass is 16.5. The van der Waals surface area contributed by atoms with Gasteiger partial charge in [-0.3, -0.25) is 4.90 Å². The molecule has 0 spiro atoms. The van der Waals surface area contributed by atoms with Crippen molar-refractivity contribution in [1.82, 2.24) is 19.9 Å². The zero-order valence-electron chi connectivity index (χ0n) is 14.8. The summed E-state index contributed by atoms with van der Waals surface area (Å²) in [5, 5.41) is 10.3. The van der Waals surface area contributed by atoms with E-state index in [0.717, 1.165) is 36.4 Å². The maximum atomic E-state index is 9.23. The topological polar surface area (TPSA) is 81.1 Å². The molecule has 7 heteroatoms. The van der Waals surface area contributed by atoms with Crippen molar-refractivity contribution < 1.29 is 4.74 Å². The second kappa shape index (κ2) is 6.28. The number of aromatic amines is 1. The third kappa shape index (κ3) is 2.66. The first-order chi connectivity index (χ1) is 12.1. The first kappa shape index (κ1) is 16.3. The predicted molar refractivity (Wildman–Crippen MR) is 95.2 cm³/mol. The van der Waals surface area contributed by atoms with Crippen LogP contribution >= 0.6 is 0 Å². The molecule has 0 bridgehead atoms. The van der Waals surface area contributed by atoms with Crippen molar-refractivity contribution in [2.75, 3.05) is 38.3 Å². The van der Waals surface area contributed by atoms with Gasteiger partial charge in [0.1, 0.15) is 17.8 Å². The van der Waals surface area contributed by atoms with E-state index in [-0.39, 0.29) is 5.54 Å². The van der Waals surface area contributed by atoms with E-state index < -0.39 is 0 Å². The SMILES string of the molecule is CC1CCN(C2(CC#N)COC2)CC1N(C)c1ncnc2[nH]ccc12. The van der Waals surface area contributed by atoms with E-state index in [4.69, 9.17) is 4.74 Å². The highest BCUT2D eigenvalue weighted by Crippen LogP contribution is 2.35. The predicted octanol–water partition coefficient (Wildman–Crippen LogP) is 1.79. The number of hydrogen-bond acceptors (Lipinski definition) is 6. The molecule has 4 rings (SSSR count). The first-order valence-corrected chi connectivity index (χ1v) is 8.85. The molecule has 2 unspecified atom stereocenters. The Hall–Kier alpha value is -2.17. The van der Waals surface area contributed by atoms with Gasteiger partial charge in [0, 0.05) is 25.8 Å². The molecule has 2 aromatic rings. The van der Waals surface area contributed by atoms with Crippen LogP contribution in [0.1, 0.15) is 19.8 Å². The van der Waals surface area contributed by atoms with E-state index in [2.05, 4.69) is 44.8 Å². The van der Waals surface area contributed by atoms with Crippen molar-refractivity contribution in [2.45, 2.75) is 31.3 Å². The minimum absolute atomic E-state index is 0.0942. The van der Waals surface area contributed by atoms with Gasteiger partial charge < -0.3 is 14.6 Å². The number of rotatable bonds is 4. The molecule has 1 N–H and O–H groups in total. The summed E-state index contributed by atoms with van der Waals surface area (Å²) in [6, 6.07) is 4.73. The number of fused-ring (bicyclic) bond motifs is 1. The zero-order chi connectivity index (χ0) is 17.4. The van der Waals surface area contributed by atoms with Crippen LogP contribution in [-0.2, 0) is 4.74 Å². The average molecular weight is 340 g/mol. The maximum Gasteiger partial charge on any atom is 0.142 e. The Kier molecular flexibility index (Phi) is 4.10. The quantitative estimate of drug-likeness (QED) is 0.914. The molecule has 7 nitrogen and oxygen atoms in total. The molecular formula is C18H24N6O. The van der Waals surface area contributed by atoms with Crippen LogP contribution in [-0.4, -0.2) is 64.8 Å². The van der Waals surface area contributed by atoms with Crippen molar-refractivity contribution in [3.05, 3.63) is 18.6 Å². The number of anilines is 1. The molecular weight excluding hydrogens is 316 g/mol. The molecule has 2 atom stereocenters. The van der Waals surface area contributed by atoms with Gasteiger partial charge >= 0.3 is 0 Å². The van der Waals surface area contributed by atoms with Crippen LogP contribution in [0.25, 0.3) is 11.0 Å². The van der Waals surface area contributed by atoms with Crippen LogP contribution in [0, 0.1) is 17.2 Å². The molecule has 0 saturated carbocycles. The summed E-state index contributed by atoms with van der Waals surface area (Å²) in [6.45, 7) is 5.60. The third-order valence-corrected chi connectivity index (χ3v) is 5.90. The Morgan fingerprint density at radius 3 is 3.04 bits per heavy atom. The zero-order valence-corrected chi connectivity index (χ0v) is 14.8. The van der Waals surface area contributed by atoms with E-state index in [1.165, 1.54) is 0 Å². The highest BCUT2D eigenvalue weighted by molar-refractivity contribution is 5.87. The fourth-order valence-corrected chi connectivity index (χ4v) is 4.16. The minimum atomic E-state index is -0.0942. The molecule has 0 amide bonds. The van der Waals surface area contributed by atoms with E-state index in [1.54, 1.807) is 6.33 Å². The van der Waals surface area contributed by atoms with Gasteiger partial charge in [0.25, 0.3) is 0 Å². The largest absolute Gasteiger partial charge is 0.377 e. The van der Waals surface area contributed by atoms with Crippen LogP contribution in [0.4, 0.5) is 5.82 Å². The van der Waals surface area contributed by atoms with Gasteiger partial charge in [0.15, 0.2) is 0 Å². The number of hydrogen-bond donors (Lipinski definition) is 1. The molecule has 25 heavy (non-hydrogen) atoms. The van der Waals surface area contributed by atoms with Crippen molar-refractivity contribution in [3.8, 4) is 6.07 Å². The van der Waals surface area contributed by atoms with Crippen molar-refractivity contribution in [2.24, 2.45) is 5.92 Å². The lowest BCUT2D eigenvalue weighted by Crippen LogP contribution is -2.66. The molecule has 0 aromatic carbocycles. The molecule has 132 valence electrons. The van der Waals surface area contributed by atoms with E-state index >= 15 is 0 Å². The Bertz CT molecular complexity index is 792. The molecule has 2 fully saturated rings. The van der Waals surface area contributed by atoms with Gasteiger partial charge in [0.2, 0.25) is 0 Å². The third-order valence-electron chi connectivity index (χ3n) is 5.90. The van der Waals surface area contributed by atoms with Gasteiger partial charge in [-0.15, -0.1) is 0 Å². The summed E-state index contributed by atoms with van der Waals surface area (Å²) in [6.07, 6.45) is 5.17. The van der Waals surface area contributed by atoms with E-state index in [1.807, 2.05) is 12.3 Å². The summed E-state index contributed by atoms with van der Waals surface area (Å²) in [4.78, 5) is 16.7. The average Bonchev–Trinajstić information content (AvgIpc) is 3.07. The second-order valence-electron chi connectivity index (χ2n) is 7.38. The van der Waals surface area contributed by atoms with E-state index in [9.17, 15) is 5.26 Å². The number of piperidine rings is 1. The van der Waals surface area contributed by atoms with Crippen molar-refractivity contribution in [1.29, 1.82) is 5.26 Å². The summed E-state index contributed by atoms with van der Waals surface area (Å²) in [5.41, 5.74) is 0.772. The van der Waals surface area contributed by atoms with Gasteiger partial charge in [-0.05, 0) is 24.9 Å².